The van der Waals surface area contributed by atoms with Crippen molar-refractivity contribution in [1.82, 2.24) is 14.7 Å². The molecule has 3 heterocycles. The van der Waals surface area contributed by atoms with Crippen LogP contribution in [0.5, 0.6) is 0 Å². The molecule has 224 valence electrons. The number of aliphatic hydroxyl groups is 1. The van der Waals surface area contributed by atoms with Crippen LogP contribution in [-0.4, -0.2) is 85.8 Å². The van der Waals surface area contributed by atoms with Crippen LogP contribution in [-0.2, 0) is 20.9 Å². The van der Waals surface area contributed by atoms with E-state index in [0.717, 1.165) is 24.8 Å². The van der Waals surface area contributed by atoms with Gasteiger partial charge in [-0.15, -0.1) is 24.9 Å². The lowest BCUT2D eigenvalue weighted by Crippen LogP contribution is -2.60. The van der Waals surface area contributed by atoms with Gasteiger partial charge in [-0.05, 0) is 30.2 Å². The Morgan fingerprint density at radius 2 is 1.80 bits per heavy atom. The Bertz CT molecular complexity index is 1130. The fraction of sp³-hybridized carbons (Fsp3) is 0.606. The molecule has 0 aliphatic carbocycles. The average Bonchev–Trinajstić information content (AvgIpc) is 3.55. The number of hydrogen-bond acceptors (Lipinski definition) is 5. The molecule has 1 aromatic rings. The summed E-state index contributed by atoms with van der Waals surface area (Å²) >= 11 is 1.69. The topological polar surface area (TPSA) is 81.2 Å². The normalized spacial score (nSPS) is 29.0. The van der Waals surface area contributed by atoms with E-state index >= 15 is 0 Å². The summed E-state index contributed by atoms with van der Waals surface area (Å²) in [7, 11) is 0. The van der Waals surface area contributed by atoms with Crippen LogP contribution in [0.1, 0.15) is 52.5 Å². The molecule has 3 fully saturated rings. The SMILES string of the molecule is C=CCN(CCCC)C(=O)C1N([C@@H](CO)C(C)C)C(=O)[C@@H]2[C@H](C(=O)N(CC=C)Cc3ccccc3)[C@@H]3CC(C)C12S3. The van der Waals surface area contributed by atoms with Gasteiger partial charge in [-0.1, -0.05) is 76.6 Å². The molecule has 0 saturated carbocycles. The highest BCUT2D eigenvalue weighted by Gasteiger charge is 2.77. The van der Waals surface area contributed by atoms with Gasteiger partial charge in [-0.25, -0.2) is 0 Å². The number of likely N-dealkylation sites (tertiary alicyclic amines) is 1. The molecule has 1 spiro atoms. The molecule has 8 heteroatoms. The van der Waals surface area contributed by atoms with Crippen molar-refractivity contribution < 1.29 is 19.5 Å². The number of aliphatic hydroxyl groups excluding tert-OH is 1. The molecule has 3 aliphatic rings. The number of unbranched alkanes of at least 4 members (excludes halogenated alkanes) is 1. The van der Waals surface area contributed by atoms with Crippen LogP contribution in [0.25, 0.3) is 0 Å². The molecule has 0 radical (unpaired) electrons. The fourth-order valence-electron chi connectivity index (χ4n) is 7.37. The van der Waals surface area contributed by atoms with Crippen molar-refractivity contribution >= 4 is 29.5 Å². The van der Waals surface area contributed by atoms with Crippen LogP contribution in [0, 0.1) is 23.7 Å². The highest BCUT2D eigenvalue weighted by molar-refractivity contribution is 8.02. The minimum Gasteiger partial charge on any atom is -0.394 e. The zero-order chi connectivity index (χ0) is 29.9. The second-order valence-corrected chi connectivity index (χ2v) is 13.8. The van der Waals surface area contributed by atoms with E-state index in [2.05, 4.69) is 27.0 Å². The summed E-state index contributed by atoms with van der Waals surface area (Å²) in [6, 6.07) is 8.62. The number of fused-ring (bicyclic) bond motifs is 1. The summed E-state index contributed by atoms with van der Waals surface area (Å²) in [5.74, 6) is -1.43. The summed E-state index contributed by atoms with van der Waals surface area (Å²) in [6.45, 7) is 17.5. The maximum absolute atomic E-state index is 14.6. The molecule has 3 aliphatic heterocycles. The molecule has 0 aromatic heterocycles. The summed E-state index contributed by atoms with van der Waals surface area (Å²) in [4.78, 5) is 48.9. The van der Waals surface area contributed by atoms with Gasteiger partial charge in [-0.2, -0.15) is 0 Å². The highest BCUT2D eigenvalue weighted by atomic mass is 32.2. The lowest BCUT2D eigenvalue weighted by molar-refractivity contribution is -0.148. The Morgan fingerprint density at radius 1 is 1.15 bits per heavy atom. The quantitative estimate of drug-likeness (QED) is 0.330. The van der Waals surface area contributed by atoms with Crippen molar-refractivity contribution in [3.8, 4) is 0 Å². The van der Waals surface area contributed by atoms with Gasteiger partial charge in [-0.3, -0.25) is 14.4 Å². The molecule has 4 rings (SSSR count). The van der Waals surface area contributed by atoms with E-state index in [9.17, 15) is 19.5 Å². The first-order valence-corrected chi connectivity index (χ1v) is 16.0. The number of thioether (sulfide) groups is 1. The Kier molecular flexibility index (Phi) is 10.1. The van der Waals surface area contributed by atoms with E-state index in [0.29, 0.717) is 26.2 Å². The molecule has 3 saturated heterocycles. The zero-order valence-corrected chi connectivity index (χ0v) is 25.9. The average molecular weight is 582 g/mol. The molecular weight excluding hydrogens is 534 g/mol. The first-order chi connectivity index (χ1) is 19.7. The Labute approximate surface area is 250 Å². The minimum absolute atomic E-state index is 0.0397. The van der Waals surface area contributed by atoms with Crippen molar-refractivity contribution in [2.24, 2.45) is 23.7 Å². The van der Waals surface area contributed by atoms with Crippen LogP contribution < -0.4 is 0 Å². The molecule has 3 unspecified atom stereocenters. The standard InChI is InChI=1S/C33H47N3O4S/c1-7-10-18-34(16-8-2)32(40)29-33-23(6)19-26(41-33)27(28(33)31(39)36(29)25(21-37)22(4)5)30(38)35(17-9-3)20-24-14-12-11-13-15-24/h8-9,11-15,22-23,25-29,37H,2-3,7,10,16-21H2,1,4-6H3/t23?,25-,26-,27+,28-,29?,33?/m0/s1. The van der Waals surface area contributed by atoms with Crippen molar-refractivity contribution in [2.75, 3.05) is 26.2 Å². The van der Waals surface area contributed by atoms with E-state index in [1.807, 2.05) is 49.1 Å². The van der Waals surface area contributed by atoms with Gasteiger partial charge in [0.1, 0.15) is 6.04 Å². The number of carbonyl (C=O) groups excluding carboxylic acids is 3. The third-order valence-electron chi connectivity index (χ3n) is 9.34. The number of rotatable bonds is 14. The number of amides is 3. The van der Waals surface area contributed by atoms with E-state index < -0.39 is 28.7 Å². The van der Waals surface area contributed by atoms with Gasteiger partial charge < -0.3 is 19.8 Å². The molecule has 3 amide bonds. The summed E-state index contributed by atoms with van der Waals surface area (Å²) in [5, 5.41) is 10.5. The van der Waals surface area contributed by atoms with Gasteiger partial charge in [0, 0.05) is 31.4 Å². The van der Waals surface area contributed by atoms with E-state index in [1.165, 1.54) is 0 Å². The van der Waals surface area contributed by atoms with E-state index in [4.69, 9.17) is 0 Å². The maximum atomic E-state index is 14.6. The molecule has 7 nitrogen and oxygen atoms in total. The highest BCUT2D eigenvalue weighted by Crippen LogP contribution is 2.69. The zero-order valence-electron chi connectivity index (χ0n) is 25.1. The minimum atomic E-state index is -0.735. The number of benzene rings is 1. The van der Waals surface area contributed by atoms with Crippen LogP contribution in [0.4, 0.5) is 0 Å². The van der Waals surface area contributed by atoms with Crippen molar-refractivity contribution in [2.45, 2.75) is 75.6 Å². The Balaban J connectivity index is 1.78. The summed E-state index contributed by atoms with van der Waals surface area (Å²) in [5.41, 5.74) is 1.02. The molecule has 7 atom stereocenters. The second-order valence-electron chi connectivity index (χ2n) is 12.2. The fourth-order valence-corrected chi connectivity index (χ4v) is 9.77. The number of nitrogens with zero attached hydrogens (tertiary/aromatic N) is 3. The van der Waals surface area contributed by atoms with E-state index in [1.54, 1.807) is 33.7 Å². The van der Waals surface area contributed by atoms with Crippen LogP contribution in [0.2, 0.25) is 0 Å². The molecule has 1 N–H and O–H groups in total. The summed E-state index contributed by atoms with van der Waals surface area (Å²) in [6.07, 6.45) is 6.04. The molecular formula is C33H47N3O4S. The lowest BCUT2D eigenvalue weighted by Gasteiger charge is -2.43. The van der Waals surface area contributed by atoms with Crippen molar-refractivity contribution in [3.63, 3.8) is 0 Å². The van der Waals surface area contributed by atoms with Crippen LogP contribution in [0.3, 0.4) is 0 Å². The predicted octanol–water partition coefficient (Wildman–Crippen LogP) is 4.37. The van der Waals surface area contributed by atoms with Gasteiger partial charge in [0.2, 0.25) is 17.7 Å². The van der Waals surface area contributed by atoms with Gasteiger partial charge >= 0.3 is 0 Å². The van der Waals surface area contributed by atoms with Gasteiger partial charge in [0.15, 0.2) is 0 Å². The number of carbonyl (C=O) groups is 3. The van der Waals surface area contributed by atoms with Crippen LogP contribution >= 0.6 is 11.8 Å². The number of hydrogen-bond donors (Lipinski definition) is 1. The van der Waals surface area contributed by atoms with Gasteiger partial charge in [0.25, 0.3) is 0 Å². The maximum Gasteiger partial charge on any atom is 0.247 e. The van der Waals surface area contributed by atoms with Crippen LogP contribution in [0.15, 0.2) is 55.6 Å². The Morgan fingerprint density at radius 3 is 2.39 bits per heavy atom. The smallest absolute Gasteiger partial charge is 0.247 e. The molecule has 2 bridgehead atoms. The lowest BCUT2D eigenvalue weighted by atomic mass is 9.65. The largest absolute Gasteiger partial charge is 0.394 e. The molecule has 1 aromatic carbocycles. The van der Waals surface area contributed by atoms with Crippen molar-refractivity contribution in [3.05, 3.63) is 61.2 Å². The first-order valence-electron chi connectivity index (χ1n) is 15.1. The third kappa shape index (κ3) is 5.50. The van der Waals surface area contributed by atoms with E-state index in [-0.39, 0.29) is 41.4 Å². The van der Waals surface area contributed by atoms with Crippen molar-refractivity contribution in [1.29, 1.82) is 0 Å². The summed E-state index contributed by atoms with van der Waals surface area (Å²) < 4.78 is -0.723. The predicted molar refractivity (Wildman–Crippen MR) is 165 cm³/mol. The van der Waals surface area contributed by atoms with Gasteiger partial charge in [0.05, 0.1) is 29.2 Å². The second kappa shape index (κ2) is 13.2. The first kappa shape index (κ1) is 31.4. The molecule has 41 heavy (non-hydrogen) atoms. The monoisotopic (exact) mass is 581 g/mol. The third-order valence-corrected chi connectivity index (χ3v) is 11.4. The Hall–Kier alpha value is -2.58.